The summed E-state index contributed by atoms with van der Waals surface area (Å²) in [6, 6.07) is 32.0. The molecule has 0 N–H and O–H groups in total. The lowest BCUT2D eigenvalue weighted by atomic mass is 9.95. The van der Waals surface area contributed by atoms with Crippen LogP contribution in [0.15, 0.2) is 140 Å². The first kappa shape index (κ1) is 29.4. The van der Waals surface area contributed by atoms with Crippen LogP contribution in [0.4, 0.5) is 0 Å². The maximum Gasteiger partial charge on any atom is 0.102 e. The van der Waals surface area contributed by atoms with E-state index < -0.39 is 0 Å². The van der Waals surface area contributed by atoms with Crippen molar-refractivity contribution in [2.45, 2.75) is 19.8 Å². The number of para-hydroxylation sites is 1. The van der Waals surface area contributed by atoms with Crippen LogP contribution in [0.25, 0.3) is 67.0 Å². The number of aryl methyl sites for hydroxylation is 1. The number of aromatic nitrogens is 2. The van der Waals surface area contributed by atoms with Crippen LogP contribution in [0.5, 0.6) is 0 Å². The smallest absolute Gasteiger partial charge is 0.102 e. The second-order valence-electron chi connectivity index (χ2n) is 11.6. The summed E-state index contributed by atoms with van der Waals surface area (Å²) in [5, 5.41) is 25.8. The molecule has 47 heavy (non-hydrogen) atoms. The quantitative estimate of drug-likeness (QED) is 0.134. The van der Waals surface area contributed by atoms with Crippen LogP contribution in [0.3, 0.4) is 0 Å². The summed E-state index contributed by atoms with van der Waals surface area (Å²) in [4.78, 5) is 0. The summed E-state index contributed by atoms with van der Waals surface area (Å²) in [6.45, 7) is 5.98. The van der Waals surface area contributed by atoms with Gasteiger partial charge in [-0.2, -0.15) is 10.5 Å². The number of allylic oxidation sites excluding steroid dienone is 11. The minimum Gasteiger partial charge on any atom is -0.316 e. The van der Waals surface area contributed by atoms with Crippen LogP contribution in [-0.4, -0.2) is 9.13 Å². The maximum atomic E-state index is 10.4. The molecule has 0 amide bonds. The molecule has 0 fully saturated rings. The Bertz CT molecular complexity index is 2500. The number of nitriles is 2. The van der Waals surface area contributed by atoms with Gasteiger partial charge in [-0.05, 0) is 89.7 Å². The van der Waals surface area contributed by atoms with Crippen molar-refractivity contribution in [2.24, 2.45) is 0 Å². The van der Waals surface area contributed by atoms with Gasteiger partial charge in [0.2, 0.25) is 0 Å². The second-order valence-corrected chi connectivity index (χ2v) is 11.6. The molecule has 0 radical (unpaired) electrons. The van der Waals surface area contributed by atoms with E-state index >= 15 is 0 Å². The van der Waals surface area contributed by atoms with Crippen molar-refractivity contribution in [3.05, 3.63) is 156 Å². The fraction of sp³-hybridized carbons (Fsp3) is 0.0698. The molecule has 1 aliphatic rings. The largest absolute Gasteiger partial charge is 0.316 e. The Labute approximate surface area is 274 Å². The van der Waals surface area contributed by atoms with E-state index in [1.807, 2.05) is 36.6 Å². The van der Waals surface area contributed by atoms with Gasteiger partial charge in [0.15, 0.2) is 0 Å². The van der Waals surface area contributed by atoms with E-state index in [1.165, 1.54) is 28.2 Å². The number of fused-ring (bicyclic) bond motifs is 6. The van der Waals surface area contributed by atoms with E-state index in [9.17, 15) is 10.5 Å². The predicted octanol–water partition coefficient (Wildman–Crippen LogP) is 11.1. The molecule has 0 spiro atoms. The molecule has 2 heterocycles. The van der Waals surface area contributed by atoms with Gasteiger partial charge in [-0.1, -0.05) is 91.6 Å². The van der Waals surface area contributed by atoms with Crippen molar-refractivity contribution in [3.63, 3.8) is 0 Å². The molecule has 7 rings (SSSR count). The third-order valence-electron chi connectivity index (χ3n) is 8.98. The molecule has 4 aromatic carbocycles. The summed E-state index contributed by atoms with van der Waals surface area (Å²) < 4.78 is 4.28. The van der Waals surface area contributed by atoms with Gasteiger partial charge in [0.05, 0.1) is 33.9 Å². The fourth-order valence-corrected chi connectivity index (χ4v) is 6.80. The molecule has 0 saturated heterocycles. The number of hydrogen-bond acceptors (Lipinski definition) is 2. The van der Waals surface area contributed by atoms with E-state index in [0.717, 1.165) is 56.6 Å². The Balaban J connectivity index is 1.51. The lowest BCUT2D eigenvalue weighted by molar-refractivity contribution is 1.05. The van der Waals surface area contributed by atoms with Crippen molar-refractivity contribution in [2.75, 3.05) is 0 Å². The molecule has 0 aliphatic heterocycles. The molecule has 2 aromatic heterocycles. The van der Waals surface area contributed by atoms with E-state index in [0.29, 0.717) is 5.70 Å². The first-order valence-corrected chi connectivity index (χ1v) is 15.7. The zero-order chi connectivity index (χ0) is 32.3. The van der Waals surface area contributed by atoms with E-state index in [2.05, 4.69) is 126 Å². The van der Waals surface area contributed by atoms with Crippen molar-refractivity contribution in [1.29, 1.82) is 10.5 Å². The number of nitrogens with zero attached hydrogens (tertiary/aromatic N) is 4. The van der Waals surface area contributed by atoms with Crippen molar-refractivity contribution >= 4 is 67.0 Å². The zero-order valence-electron chi connectivity index (χ0n) is 26.2. The lowest BCUT2D eigenvalue weighted by Crippen LogP contribution is -2.00. The molecular weight excluding hydrogens is 573 g/mol. The summed E-state index contributed by atoms with van der Waals surface area (Å²) in [6.07, 6.45) is 21.6. The minimum absolute atomic E-state index is 0.286. The monoisotopic (exact) mass is 604 g/mol. The second kappa shape index (κ2) is 12.6. The van der Waals surface area contributed by atoms with Crippen molar-refractivity contribution in [1.82, 2.24) is 9.13 Å². The molecule has 1 aliphatic carbocycles. The van der Waals surface area contributed by atoms with Gasteiger partial charge >= 0.3 is 0 Å². The highest BCUT2D eigenvalue weighted by Crippen LogP contribution is 2.40. The van der Waals surface area contributed by atoms with E-state index in [-0.39, 0.29) is 5.57 Å². The molecule has 6 aromatic rings. The van der Waals surface area contributed by atoms with E-state index in [4.69, 9.17) is 0 Å². The first-order chi connectivity index (χ1) is 23.1. The number of benzene rings is 4. The standard InChI is InChI=1S/C43H32N4/c1-3-4-18-38-30(2)35-16-10-11-19-40(35)46(38)27-12-20-39(34(29-45)25-26-44)47-41-23-22-33(31-13-6-5-7-14-31)28-37(41)43-36-17-9-8-15-32(36)21-24-42(43)47/h3-6,8-13,15-25,27-28H,1,7,14H2,2H3/b18-4-,27-12+,34-25+,39-20+. The summed E-state index contributed by atoms with van der Waals surface area (Å²) in [5.41, 5.74) is 8.67. The van der Waals surface area contributed by atoms with Crippen LogP contribution in [0.1, 0.15) is 29.7 Å². The van der Waals surface area contributed by atoms with Gasteiger partial charge in [-0.15, -0.1) is 0 Å². The van der Waals surface area contributed by atoms with E-state index in [1.54, 1.807) is 6.08 Å². The minimum atomic E-state index is 0.286. The molecule has 0 atom stereocenters. The fourth-order valence-electron chi connectivity index (χ4n) is 6.80. The van der Waals surface area contributed by atoms with Crippen LogP contribution in [0.2, 0.25) is 0 Å². The van der Waals surface area contributed by atoms with Crippen LogP contribution in [0, 0.1) is 29.6 Å². The molecule has 4 nitrogen and oxygen atoms in total. The molecule has 0 bridgehead atoms. The first-order valence-electron chi connectivity index (χ1n) is 15.7. The van der Waals surface area contributed by atoms with Gasteiger partial charge in [0.1, 0.15) is 6.07 Å². The van der Waals surface area contributed by atoms with Crippen molar-refractivity contribution < 1.29 is 0 Å². The molecule has 0 saturated carbocycles. The van der Waals surface area contributed by atoms with Gasteiger partial charge < -0.3 is 9.13 Å². The Morgan fingerprint density at radius 3 is 2.47 bits per heavy atom. The highest BCUT2D eigenvalue weighted by Gasteiger charge is 2.19. The summed E-state index contributed by atoms with van der Waals surface area (Å²) in [7, 11) is 0. The lowest BCUT2D eigenvalue weighted by Gasteiger charge is -2.13. The summed E-state index contributed by atoms with van der Waals surface area (Å²) >= 11 is 0. The van der Waals surface area contributed by atoms with Crippen LogP contribution >= 0.6 is 0 Å². The third-order valence-corrected chi connectivity index (χ3v) is 8.98. The molecule has 4 heteroatoms. The summed E-state index contributed by atoms with van der Waals surface area (Å²) in [5.74, 6) is 0. The highest BCUT2D eigenvalue weighted by atomic mass is 15.0. The average Bonchev–Trinajstić information content (AvgIpc) is 3.59. The third kappa shape index (κ3) is 5.13. The molecular formula is C43H32N4. The Hall–Kier alpha value is -6.36. The number of hydrogen-bond donors (Lipinski definition) is 0. The average molecular weight is 605 g/mol. The zero-order valence-corrected chi connectivity index (χ0v) is 26.2. The maximum absolute atomic E-state index is 10.4. The Kier molecular flexibility index (Phi) is 7.85. The molecule has 0 unspecified atom stereocenters. The van der Waals surface area contributed by atoms with Crippen molar-refractivity contribution in [3.8, 4) is 12.1 Å². The Morgan fingerprint density at radius 2 is 1.68 bits per heavy atom. The normalized spacial score (nSPS) is 14.1. The predicted molar refractivity (Wildman–Crippen MR) is 198 cm³/mol. The molecule has 224 valence electrons. The highest BCUT2D eigenvalue weighted by molar-refractivity contribution is 6.22. The van der Waals surface area contributed by atoms with Gasteiger partial charge in [0, 0.05) is 34.1 Å². The van der Waals surface area contributed by atoms with Crippen LogP contribution < -0.4 is 0 Å². The number of rotatable bonds is 7. The van der Waals surface area contributed by atoms with Gasteiger partial charge in [-0.25, -0.2) is 0 Å². The van der Waals surface area contributed by atoms with Gasteiger partial charge in [-0.3, -0.25) is 0 Å². The Morgan fingerprint density at radius 1 is 0.872 bits per heavy atom. The van der Waals surface area contributed by atoms with Crippen LogP contribution in [-0.2, 0) is 0 Å². The topological polar surface area (TPSA) is 57.4 Å². The SMILES string of the molecule is C=C/C=C\c1c(C)c2ccccc2n1/C=C/C=C(\C(C#N)=C\C#N)n1c2ccc(C3=CC=CCC3)cc2c2c3ccccc3ccc21. The van der Waals surface area contributed by atoms with Gasteiger partial charge in [0.25, 0.3) is 0 Å².